The third-order valence-electron chi connectivity index (χ3n) is 1.08. The minimum Gasteiger partial charge on any atom is -0.380 e. The fourth-order valence-electron chi connectivity index (χ4n) is 0.658. The summed E-state index contributed by atoms with van der Waals surface area (Å²) in [7, 11) is -2.30. The van der Waals surface area contributed by atoms with Crippen molar-refractivity contribution >= 4 is 0 Å². The average molecular weight is 125 g/mol. The van der Waals surface area contributed by atoms with Gasteiger partial charge in [-0.25, -0.2) is 0 Å². The molecule has 0 amide bonds. The van der Waals surface area contributed by atoms with Gasteiger partial charge < -0.3 is 4.74 Å². The molecule has 0 N–H and O–H groups in total. The molecule has 1 aromatic rings. The highest BCUT2D eigenvalue weighted by molar-refractivity contribution is 5.13. The van der Waals surface area contributed by atoms with Crippen molar-refractivity contribution in [2.45, 2.75) is 6.61 Å². The van der Waals surface area contributed by atoms with Crippen molar-refractivity contribution < 1.29 is 8.85 Å². The summed E-state index contributed by atoms with van der Waals surface area (Å²) in [6.07, 6.45) is 0. The molecule has 1 heteroatoms. The molecule has 0 saturated carbocycles. The number of rotatable bonds is 2. The van der Waals surface area contributed by atoms with Crippen molar-refractivity contribution in [2.75, 3.05) is 7.04 Å². The zero-order valence-electron chi connectivity index (χ0n) is 8.00. The normalized spacial score (nSPS) is 15.8. The van der Waals surface area contributed by atoms with E-state index in [1.807, 2.05) is 30.3 Å². The van der Waals surface area contributed by atoms with Crippen LogP contribution in [0.15, 0.2) is 30.3 Å². The van der Waals surface area contributed by atoms with Crippen molar-refractivity contribution in [3.8, 4) is 0 Å². The molecular weight excluding hydrogens is 112 g/mol. The second-order valence-corrected chi connectivity index (χ2v) is 1.77. The van der Waals surface area contributed by atoms with Crippen molar-refractivity contribution in [2.24, 2.45) is 0 Å². The summed E-state index contributed by atoms with van der Waals surface area (Å²) in [5.74, 6) is 0. The molecule has 0 aliphatic carbocycles. The molecule has 0 atom stereocenters. The summed E-state index contributed by atoms with van der Waals surface area (Å²) >= 11 is 0. The second-order valence-electron chi connectivity index (χ2n) is 1.77. The molecule has 48 valence electrons. The van der Waals surface area contributed by atoms with Crippen molar-refractivity contribution in [1.82, 2.24) is 0 Å². The van der Waals surface area contributed by atoms with E-state index in [4.69, 9.17) is 4.11 Å². The second kappa shape index (κ2) is 3.25. The van der Waals surface area contributed by atoms with Crippen LogP contribution >= 0.6 is 0 Å². The molecule has 1 aromatic carbocycles. The molecule has 0 aliphatic heterocycles. The molecule has 0 unspecified atom stereocenters. The summed E-state index contributed by atoms with van der Waals surface area (Å²) in [6, 6.07) is 9.22. The summed E-state index contributed by atoms with van der Waals surface area (Å²) in [5.41, 5.74) is 0.869. The Bertz CT molecular complexity index is 230. The summed E-state index contributed by atoms with van der Waals surface area (Å²) in [6.45, 7) is 0.136. The molecule has 1 rings (SSSR count). The standard InChI is InChI=1S/C8H10O/c1-9-7-8-5-3-2-4-6-8/h2-6H,7H2,1H3/i1D3. The van der Waals surface area contributed by atoms with Gasteiger partial charge in [0.2, 0.25) is 0 Å². The quantitative estimate of drug-likeness (QED) is 0.586. The van der Waals surface area contributed by atoms with Gasteiger partial charge in [-0.3, -0.25) is 0 Å². The van der Waals surface area contributed by atoms with E-state index in [1.165, 1.54) is 0 Å². The highest BCUT2D eigenvalue weighted by Crippen LogP contribution is 1.98. The van der Waals surface area contributed by atoms with Crippen LogP contribution in [0.5, 0.6) is 0 Å². The molecule has 0 fully saturated rings. The Labute approximate surface area is 59.5 Å². The molecule has 0 bridgehead atoms. The van der Waals surface area contributed by atoms with E-state index in [2.05, 4.69) is 4.74 Å². The van der Waals surface area contributed by atoms with Crippen LogP contribution in [-0.2, 0) is 11.3 Å². The van der Waals surface area contributed by atoms with Crippen LogP contribution in [0.1, 0.15) is 9.68 Å². The molecule has 0 radical (unpaired) electrons. The third kappa shape index (κ3) is 1.86. The Morgan fingerprint density at radius 1 is 1.44 bits per heavy atom. The van der Waals surface area contributed by atoms with E-state index in [9.17, 15) is 0 Å². The van der Waals surface area contributed by atoms with E-state index in [1.54, 1.807) is 0 Å². The van der Waals surface area contributed by atoms with Crippen LogP contribution in [0.2, 0.25) is 0 Å². The monoisotopic (exact) mass is 125 g/mol. The lowest BCUT2D eigenvalue weighted by Gasteiger charge is -1.95. The first kappa shape index (κ1) is 3.37. The average Bonchev–Trinajstić information content (AvgIpc) is 2.02. The summed E-state index contributed by atoms with van der Waals surface area (Å²) in [5, 5.41) is 0. The molecule has 0 aromatic heterocycles. The third-order valence-corrected chi connectivity index (χ3v) is 1.08. The van der Waals surface area contributed by atoms with Crippen molar-refractivity contribution in [3.63, 3.8) is 0 Å². The predicted octanol–water partition coefficient (Wildman–Crippen LogP) is 1.83. The Hall–Kier alpha value is -0.820. The number of methoxy groups -OCH3 is 1. The van der Waals surface area contributed by atoms with Gasteiger partial charge in [-0.1, -0.05) is 30.3 Å². The Morgan fingerprint density at radius 2 is 2.22 bits per heavy atom. The van der Waals surface area contributed by atoms with E-state index >= 15 is 0 Å². The minimum atomic E-state index is -2.30. The van der Waals surface area contributed by atoms with E-state index in [0.717, 1.165) is 5.56 Å². The van der Waals surface area contributed by atoms with Gasteiger partial charge >= 0.3 is 0 Å². The highest BCUT2D eigenvalue weighted by atomic mass is 16.5. The highest BCUT2D eigenvalue weighted by Gasteiger charge is 1.84. The van der Waals surface area contributed by atoms with Gasteiger partial charge in [0, 0.05) is 7.04 Å². The zero-order valence-corrected chi connectivity index (χ0v) is 5.00. The predicted molar refractivity (Wildman–Crippen MR) is 37.2 cm³/mol. The molecule has 1 nitrogen and oxygen atoms in total. The largest absolute Gasteiger partial charge is 0.380 e. The Kier molecular flexibility index (Phi) is 1.22. The SMILES string of the molecule is [2H]C([2H])([2H])OCc1ccccc1. The lowest BCUT2D eigenvalue weighted by Crippen LogP contribution is -1.84. The van der Waals surface area contributed by atoms with Crippen molar-refractivity contribution in [3.05, 3.63) is 35.9 Å². The molecule has 0 spiro atoms. The van der Waals surface area contributed by atoms with Gasteiger partial charge in [0.15, 0.2) is 0 Å². The van der Waals surface area contributed by atoms with Gasteiger partial charge in [-0.2, -0.15) is 0 Å². The van der Waals surface area contributed by atoms with Crippen LogP contribution in [-0.4, -0.2) is 7.04 Å². The first-order chi connectivity index (χ1) is 5.58. The fraction of sp³-hybridized carbons (Fsp3) is 0.250. The summed E-state index contributed by atoms with van der Waals surface area (Å²) in [4.78, 5) is 0. The van der Waals surface area contributed by atoms with E-state index in [0.29, 0.717) is 0 Å². The topological polar surface area (TPSA) is 9.23 Å². The number of ether oxygens (including phenoxy) is 1. The van der Waals surface area contributed by atoms with Gasteiger partial charge in [0.25, 0.3) is 0 Å². The van der Waals surface area contributed by atoms with Gasteiger partial charge in [-0.15, -0.1) is 0 Å². The Morgan fingerprint density at radius 3 is 2.89 bits per heavy atom. The number of hydrogen-bond donors (Lipinski definition) is 0. The summed E-state index contributed by atoms with van der Waals surface area (Å²) < 4.78 is 25.0. The first-order valence-electron chi connectivity index (χ1n) is 4.26. The molecule has 0 aliphatic rings. The van der Waals surface area contributed by atoms with Crippen LogP contribution < -0.4 is 0 Å². The maximum absolute atomic E-state index is 6.79. The number of benzene rings is 1. The van der Waals surface area contributed by atoms with Gasteiger partial charge in [0.1, 0.15) is 0 Å². The van der Waals surface area contributed by atoms with Gasteiger partial charge in [0.05, 0.1) is 10.7 Å². The lowest BCUT2D eigenvalue weighted by atomic mass is 10.2. The molecular formula is C8H10O. The number of hydrogen-bond acceptors (Lipinski definition) is 1. The fourth-order valence-corrected chi connectivity index (χ4v) is 0.658. The zero-order chi connectivity index (χ0) is 9.03. The smallest absolute Gasteiger partial charge is 0.0713 e. The van der Waals surface area contributed by atoms with Crippen LogP contribution in [0.4, 0.5) is 0 Å². The van der Waals surface area contributed by atoms with Crippen molar-refractivity contribution in [1.29, 1.82) is 0 Å². The van der Waals surface area contributed by atoms with Crippen LogP contribution in [0, 0.1) is 0 Å². The maximum Gasteiger partial charge on any atom is 0.0713 e. The molecule has 9 heavy (non-hydrogen) atoms. The lowest BCUT2D eigenvalue weighted by molar-refractivity contribution is 0.185. The van der Waals surface area contributed by atoms with E-state index < -0.39 is 7.04 Å². The Balaban J connectivity index is 2.44. The maximum atomic E-state index is 6.79. The first-order valence-corrected chi connectivity index (χ1v) is 2.76. The minimum absolute atomic E-state index is 0.136. The molecule has 0 saturated heterocycles. The van der Waals surface area contributed by atoms with Crippen LogP contribution in [0.25, 0.3) is 0 Å². The van der Waals surface area contributed by atoms with Gasteiger partial charge in [-0.05, 0) is 5.56 Å². The van der Waals surface area contributed by atoms with Crippen LogP contribution in [0.3, 0.4) is 0 Å². The van der Waals surface area contributed by atoms with E-state index in [-0.39, 0.29) is 6.61 Å². The molecule has 0 heterocycles.